The highest BCUT2D eigenvalue weighted by atomic mass is 16.1. The highest BCUT2D eigenvalue weighted by Crippen LogP contribution is 2.14. The van der Waals surface area contributed by atoms with Crippen molar-refractivity contribution in [2.45, 2.75) is 6.54 Å². The molecule has 1 aromatic carbocycles. The number of nitrogens with one attached hydrogen (secondary N) is 2. The van der Waals surface area contributed by atoms with Gasteiger partial charge in [0, 0.05) is 30.5 Å². The molecule has 0 aliphatic carbocycles. The van der Waals surface area contributed by atoms with Crippen LogP contribution in [0.5, 0.6) is 0 Å². The Morgan fingerprint density at radius 1 is 1.37 bits per heavy atom. The van der Waals surface area contributed by atoms with E-state index in [1.165, 1.54) is 0 Å². The molecule has 5 heteroatoms. The zero-order valence-corrected chi connectivity index (χ0v) is 10.6. The quantitative estimate of drug-likeness (QED) is 0.749. The number of aryl methyl sites for hydroxylation is 1. The largest absolute Gasteiger partial charge is 0.361 e. The monoisotopic (exact) mass is 254 g/mol. The second kappa shape index (κ2) is 4.61. The number of amides is 1. The molecule has 0 fully saturated rings. The van der Waals surface area contributed by atoms with Gasteiger partial charge in [0.25, 0.3) is 5.91 Å². The van der Waals surface area contributed by atoms with Crippen LogP contribution < -0.4 is 5.32 Å². The predicted octanol–water partition coefficient (Wildman–Crippen LogP) is 1.83. The van der Waals surface area contributed by atoms with Crippen molar-refractivity contribution in [2.24, 2.45) is 7.05 Å². The highest BCUT2D eigenvalue weighted by molar-refractivity contribution is 5.97. The van der Waals surface area contributed by atoms with Crippen LogP contribution in [-0.2, 0) is 13.6 Å². The fourth-order valence-corrected chi connectivity index (χ4v) is 2.02. The van der Waals surface area contributed by atoms with Gasteiger partial charge in [-0.25, -0.2) is 0 Å². The number of benzene rings is 1. The van der Waals surface area contributed by atoms with Gasteiger partial charge in [-0.1, -0.05) is 6.07 Å². The lowest BCUT2D eigenvalue weighted by molar-refractivity contribution is 0.0950. The van der Waals surface area contributed by atoms with E-state index in [0.29, 0.717) is 12.1 Å². The number of carbonyl (C=O) groups is 1. The summed E-state index contributed by atoms with van der Waals surface area (Å²) in [6.07, 6.45) is 3.71. The number of aromatic nitrogens is 3. The molecule has 2 aromatic heterocycles. The van der Waals surface area contributed by atoms with Gasteiger partial charge in [0.05, 0.1) is 12.2 Å². The van der Waals surface area contributed by atoms with Gasteiger partial charge in [-0.05, 0) is 29.7 Å². The topological polar surface area (TPSA) is 62.7 Å². The van der Waals surface area contributed by atoms with Gasteiger partial charge in [0.2, 0.25) is 0 Å². The van der Waals surface area contributed by atoms with Crippen molar-refractivity contribution in [3.8, 4) is 0 Å². The van der Waals surface area contributed by atoms with Crippen LogP contribution in [-0.4, -0.2) is 20.7 Å². The Bertz CT molecular complexity index is 726. The van der Waals surface area contributed by atoms with E-state index in [9.17, 15) is 4.79 Å². The van der Waals surface area contributed by atoms with E-state index in [0.717, 1.165) is 16.6 Å². The standard InChI is InChI=1S/C14H14N4O/c1-18-7-5-12(17-18)9-16-14(19)11-3-2-10-4-6-15-13(10)8-11/h2-8,15H,9H2,1H3,(H,16,19). The first kappa shape index (κ1) is 11.5. The minimum absolute atomic E-state index is 0.0952. The number of fused-ring (bicyclic) bond motifs is 1. The first-order valence-corrected chi connectivity index (χ1v) is 6.06. The second-order valence-electron chi connectivity index (χ2n) is 4.44. The third-order valence-corrected chi connectivity index (χ3v) is 3.02. The summed E-state index contributed by atoms with van der Waals surface area (Å²) in [5.74, 6) is -0.0952. The molecule has 0 atom stereocenters. The number of carbonyl (C=O) groups excluding carboxylic acids is 1. The maximum atomic E-state index is 12.0. The Balaban J connectivity index is 1.72. The molecule has 1 amide bonds. The molecule has 0 radical (unpaired) electrons. The predicted molar refractivity (Wildman–Crippen MR) is 72.7 cm³/mol. The van der Waals surface area contributed by atoms with Gasteiger partial charge in [-0.15, -0.1) is 0 Å². The summed E-state index contributed by atoms with van der Waals surface area (Å²) in [6, 6.07) is 9.47. The first-order valence-electron chi connectivity index (χ1n) is 6.06. The third kappa shape index (κ3) is 2.35. The van der Waals surface area contributed by atoms with Crippen molar-refractivity contribution < 1.29 is 4.79 Å². The number of hydrogen-bond acceptors (Lipinski definition) is 2. The van der Waals surface area contributed by atoms with E-state index in [1.54, 1.807) is 4.68 Å². The highest BCUT2D eigenvalue weighted by Gasteiger charge is 2.07. The Morgan fingerprint density at radius 2 is 2.26 bits per heavy atom. The molecular formula is C14H14N4O. The summed E-state index contributed by atoms with van der Waals surface area (Å²) in [7, 11) is 1.85. The lowest BCUT2D eigenvalue weighted by Crippen LogP contribution is -2.23. The van der Waals surface area contributed by atoms with Crippen LogP contribution in [0.4, 0.5) is 0 Å². The zero-order valence-electron chi connectivity index (χ0n) is 10.6. The van der Waals surface area contributed by atoms with Crippen LogP contribution in [0.15, 0.2) is 42.7 Å². The number of H-pyrrole nitrogens is 1. The van der Waals surface area contributed by atoms with E-state index in [1.807, 2.05) is 49.8 Å². The normalized spacial score (nSPS) is 10.8. The summed E-state index contributed by atoms with van der Waals surface area (Å²) in [5.41, 5.74) is 2.45. The van der Waals surface area contributed by atoms with Crippen LogP contribution in [0.25, 0.3) is 10.9 Å². The molecule has 0 bridgehead atoms. The molecule has 19 heavy (non-hydrogen) atoms. The third-order valence-electron chi connectivity index (χ3n) is 3.02. The van der Waals surface area contributed by atoms with E-state index in [4.69, 9.17) is 0 Å². The molecule has 5 nitrogen and oxygen atoms in total. The van der Waals surface area contributed by atoms with E-state index in [2.05, 4.69) is 15.4 Å². The van der Waals surface area contributed by atoms with Crippen LogP contribution in [0.2, 0.25) is 0 Å². The molecule has 0 saturated heterocycles. The van der Waals surface area contributed by atoms with Gasteiger partial charge in [-0.2, -0.15) is 5.10 Å². The van der Waals surface area contributed by atoms with Crippen molar-refractivity contribution in [2.75, 3.05) is 0 Å². The molecular weight excluding hydrogens is 240 g/mol. The zero-order chi connectivity index (χ0) is 13.2. The van der Waals surface area contributed by atoms with Crippen molar-refractivity contribution in [1.82, 2.24) is 20.1 Å². The minimum atomic E-state index is -0.0952. The molecule has 0 saturated carbocycles. The van der Waals surface area contributed by atoms with Crippen molar-refractivity contribution in [1.29, 1.82) is 0 Å². The fourth-order valence-electron chi connectivity index (χ4n) is 2.02. The summed E-state index contributed by atoms with van der Waals surface area (Å²) in [4.78, 5) is 15.1. The molecule has 96 valence electrons. The average molecular weight is 254 g/mol. The Hall–Kier alpha value is -2.56. The Kier molecular flexibility index (Phi) is 2.79. The Labute approximate surface area is 110 Å². The molecule has 2 heterocycles. The number of hydrogen-bond donors (Lipinski definition) is 2. The lowest BCUT2D eigenvalue weighted by atomic mass is 10.1. The van der Waals surface area contributed by atoms with Gasteiger partial charge in [0.1, 0.15) is 0 Å². The molecule has 0 aliphatic heterocycles. The van der Waals surface area contributed by atoms with Crippen LogP contribution in [0.1, 0.15) is 16.1 Å². The maximum Gasteiger partial charge on any atom is 0.251 e. The molecule has 0 spiro atoms. The van der Waals surface area contributed by atoms with Crippen molar-refractivity contribution in [3.63, 3.8) is 0 Å². The van der Waals surface area contributed by atoms with Gasteiger partial charge >= 0.3 is 0 Å². The van der Waals surface area contributed by atoms with Crippen molar-refractivity contribution >= 4 is 16.8 Å². The van der Waals surface area contributed by atoms with Gasteiger partial charge in [-0.3, -0.25) is 9.48 Å². The number of rotatable bonds is 3. The summed E-state index contributed by atoms with van der Waals surface area (Å²) >= 11 is 0. The van der Waals surface area contributed by atoms with Crippen LogP contribution in [0, 0.1) is 0 Å². The lowest BCUT2D eigenvalue weighted by Gasteiger charge is -2.03. The first-order chi connectivity index (χ1) is 9.22. The van der Waals surface area contributed by atoms with Crippen molar-refractivity contribution in [3.05, 3.63) is 54.0 Å². The minimum Gasteiger partial charge on any atom is -0.361 e. The SMILES string of the molecule is Cn1ccc(CNC(=O)c2ccc3cc[nH]c3c2)n1. The van der Waals surface area contributed by atoms with Gasteiger partial charge < -0.3 is 10.3 Å². The maximum absolute atomic E-state index is 12.0. The summed E-state index contributed by atoms with van der Waals surface area (Å²) < 4.78 is 1.71. The van der Waals surface area contributed by atoms with Gasteiger partial charge in [0.15, 0.2) is 0 Å². The van der Waals surface area contributed by atoms with E-state index in [-0.39, 0.29) is 5.91 Å². The fraction of sp³-hybridized carbons (Fsp3) is 0.143. The molecule has 0 aliphatic rings. The molecule has 2 N–H and O–H groups in total. The average Bonchev–Trinajstić information content (AvgIpc) is 3.03. The molecule has 3 rings (SSSR count). The number of nitrogens with zero attached hydrogens (tertiary/aromatic N) is 2. The number of aromatic amines is 1. The van der Waals surface area contributed by atoms with E-state index >= 15 is 0 Å². The van der Waals surface area contributed by atoms with E-state index < -0.39 is 0 Å². The Morgan fingerprint density at radius 3 is 3.05 bits per heavy atom. The molecule has 0 unspecified atom stereocenters. The molecule has 3 aromatic rings. The summed E-state index contributed by atoms with van der Waals surface area (Å²) in [6.45, 7) is 0.433. The van der Waals surface area contributed by atoms with Crippen LogP contribution >= 0.6 is 0 Å². The second-order valence-corrected chi connectivity index (χ2v) is 4.44. The van der Waals surface area contributed by atoms with Crippen LogP contribution in [0.3, 0.4) is 0 Å². The smallest absolute Gasteiger partial charge is 0.251 e. The summed E-state index contributed by atoms with van der Waals surface area (Å²) in [5, 5.41) is 8.17.